The van der Waals surface area contributed by atoms with Gasteiger partial charge in [-0.2, -0.15) is 0 Å². The van der Waals surface area contributed by atoms with Crippen LogP contribution >= 0.6 is 0 Å². The molecule has 3 aromatic rings. The van der Waals surface area contributed by atoms with E-state index in [0.717, 1.165) is 16.8 Å². The van der Waals surface area contributed by atoms with Crippen molar-refractivity contribution in [3.63, 3.8) is 0 Å². The molecule has 0 heterocycles. The molecule has 0 aromatic heterocycles. The lowest BCUT2D eigenvalue weighted by Gasteiger charge is -2.18. The van der Waals surface area contributed by atoms with Crippen LogP contribution in [-0.2, 0) is 0 Å². The average Bonchev–Trinajstić information content (AvgIpc) is 2.53. The largest absolute Gasteiger partial charge is 0.237 e. The number of para-hydroxylation sites is 1. The topological polar surface area (TPSA) is 4.36 Å². The summed E-state index contributed by atoms with van der Waals surface area (Å²) in [5, 5.41) is 0. The highest BCUT2D eigenvalue weighted by atomic mass is 14.7. The van der Waals surface area contributed by atoms with Crippen molar-refractivity contribution in [2.45, 2.75) is 41.5 Å². The Balaban J connectivity index is 2.35. The van der Waals surface area contributed by atoms with Gasteiger partial charge in [-0.1, -0.05) is 53.6 Å². The molecule has 0 amide bonds. The van der Waals surface area contributed by atoms with Crippen LogP contribution in [0.5, 0.6) is 0 Å². The van der Waals surface area contributed by atoms with E-state index in [9.17, 15) is 0 Å². The summed E-state index contributed by atoms with van der Waals surface area (Å²) in [7, 11) is 0. The average molecular weight is 339 g/mol. The quantitative estimate of drug-likeness (QED) is 0.428. The van der Waals surface area contributed by atoms with Crippen molar-refractivity contribution in [2.24, 2.45) is 0 Å². The molecule has 0 bridgehead atoms. The van der Waals surface area contributed by atoms with Gasteiger partial charge in [-0.15, -0.1) is 0 Å². The highest BCUT2D eigenvalue weighted by Gasteiger charge is 2.17. The summed E-state index contributed by atoms with van der Waals surface area (Å²) in [6.07, 6.45) is 0. The van der Waals surface area contributed by atoms with E-state index in [4.69, 9.17) is 6.57 Å². The first-order valence-electron chi connectivity index (χ1n) is 9.00. The molecule has 0 atom stereocenters. The molecule has 130 valence electrons. The third-order valence-corrected chi connectivity index (χ3v) is 5.04. The summed E-state index contributed by atoms with van der Waals surface area (Å²) < 4.78 is 0. The first kappa shape index (κ1) is 18.0. The second-order valence-corrected chi connectivity index (χ2v) is 7.36. The van der Waals surface area contributed by atoms with Crippen LogP contribution in [-0.4, -0.2) is 0 Å². The van der Waals surface area contributed by atoms with E-state index in [1.165, 1.54) is 44.5 Å². The number of aryl methyl sites for hydroxylation is 6. The Bertz CT molecular complexity index is 926. The number of hydrogen-bond donors (Lipinski definition) is 0. The lowest BCUT2D eigenvalue weighted by molar-refractivity contribution is 1.31. The van der Waals surface area contributed by atoms with Crippen molar-refractivity contribution < 1.29 is 0 Å². The molecule has 0 spiro atoms. The van der Waals surface area contributed by atoms with E-state index < -0.39 is 0 Å². The van der Waals surface area contributed by atoms with Gasteiger partial charge in [-0.3, -0.25) is 0 Å². The summed E-state index contributed by atoms with van der Waals surface area (Å²) in [6, 6.07) is 15.0. The van der Waals surface area contributed by atoms with Gasteiger partial charge in [0.05, 0.1) is 6.57 Å². The van der Waals surface area contributed by atoms with Crippen molar-refractivity contribution in [1.82, 2.24) is 0 Å². The van der Waals surface area contributed by atoms with Crippen LogP contribution in [0.25, 0.3) is 27.1 Å². The summed E-state index contributed by atoms with van der Waals surface area (Å²) in [5.74, 6) is 0. The molecule has 26 heavy (non-hydrogen) atoms. The van der Waals surface area contributed by atoms with Crippen LogP contribution in [0, 0.1) is 48.1 Å². The summed E-state index contributed by atoms with van der Waals surface area (Å²) in [6.45, 7) is 20.7. The van der Waals surface area contributed by atoms with Crippen molar-refractivity contribution in [1.29, 1.82) is 0 Å². The number of nitrogens with zero attached hydrogens (tertiary/aromatic N) is 1. The molecule has 3 aromatic carbocycles. The maximum Gasteiger partial charge on any atom is 0.202 e. The monoisotopic (exact) mass is 339 g/mol. The molecule has 0 N–H and O–H groups in total. The van der Waals surface area contributed by atoms with Gasteiger partial charge in [-0.25, -0.2) is 4.85 Å². The van der Waals surface area contributed by atoms with E-state index in [1.54, 1.807) is 0 Å². The Morgan fingerprint density at radius 3 is 1.27 bits per heavy atom. The van der Waals surface area contributed by atoms with E-state index >= 15 is 0 Å². The Kier molecular flexibility index (Phi) is 4.70. The first-order valence-corrected chi connectivity index (χ1v) is 9.00. The van der Waals surface area contributed by atoms with Gasteiger partial charge in [-0.05, 0) is 86.1 Å². The van der Waals surface area contributed by atoms with Crippen LogP contribution < -0.4 is 0 Å². The molecular formula is C25H25N. The third-order valence-electron chi connectivity index (χ3n) is 5.04. The molecule has 0 aliphatic heterocycles. The van der Waals surface area contributed by atoms with E-state index in [-0.39, 0.29) is 0 Å². The number of rotatable bonds is 2. The Morgan fingerprint density at radius 1 is 0.615 bits per heavy atom. The van der Waals surface area contributed by atoms with E-state index in [1.807, 2.05) is 0 Å². The van der Waals surface area contributed by atoms with Crippen molar-refractivity contribution in [2.75, 3.05) is 0 Å². The van der Waals surface area contributed by atoms with Gasteiger partial charge in [0.25, 0.3) is 0 Å². The van der Waals surface area contributed by atoms with E-state index in [0.29, 0.717) is 0 Å². The van der Waals surface area contributed by atoms with Gasteiger partial charge >= 0.3 is 0 Å². The molecule has 1 nitrogen and oxygen atoms in total. The van der Waals surface area contributed by atoms with Crippen LogP contribution in [0.3, 0.4) is 0 Å². The van der Waals surface area contributed by atoms with Crippen LogP contribution in [0.15, 0.2) is 42.5 Å². The predicted octanol–water partition coefficient (Wildman–Crippen LogP) is 7.42. The zero-order chi connectivity index (χ0) is 19.0. The molecule has 0 aliphatic carbocycles. The molecule has 0 unspecified atom stereocenters. The maximum atomic E-state index is 7.92. The Labute approximate surface area is 157 Å². The van der Waals surface area contributed by atoms with Gasteiger partial charge in [0, 0.05) is 0 Å². The lowest BCUT2D eigenvalue weighted by atomic mass is 9.87. The standard InChI is InChI=1S/C25H25N/c1-15-11-17(3)23(18(4)12-15)21-9-8-10-22(25(21)26-7)24-19(5)13-16(2)14-20(24)6/h8-14H,1-6H3. The van der Waals surface area contributed by atoms with Crippen LogP contribution in [0.2, 0.25) is 0 Å². The molecule has 0 radical (unpaired) electrons. The Morgan fingerprint density at radius 2 is 0.962 bits per heavy atom. The predicted molar refractivity (Wildman–Crippen MR) is 112 cm³/mol. The fraction of sp³-hybridized carbons (Fsp3) is 0.240. The van der Waals surface area contributed by atoms with Crippen molar-refractivity contribution in [3.05, 3.63) is 87.3 Å². The fourth-order valence-corrected chi connectivity index (χ4v) is 4.28. The summed E-state index contributed by atoms with van der Waals surface area (Å²) in [4.78, 5) is 3.98. The highest BCUT2D eigenvalue weighted by molar-refractivity contribution is 5.94. The van der Waals surface area contributed by atoms with Crippen LogP contribution in [0.4, 0.5) is 5.69 Å². The highest BCUT2D eigenvalue weighted by Crippen LogP contribution is 2.43. The smallest absolute Gasteiger partial charge is 0.202 e. The maximum absolute atomic E-state index is 7.92. The summed E-state index contributed by atoms with van der Waals surface area (Å²) >= 11 is 0. The SMILES string of the molecule is [C-]#[N+]c1c(-c2c(C)cc(C)cc2C)cccc1-c1c(C)cc(C)cc1C. The molecule has 1 heteroatoms. The normalized spacial score (nSPS) is 10.7. The second kappa shape index (κ2) is 6.81. The molecule has 0 fully saturated rings. The van der Waals surface area contributed by atoms with E-state index in [2.05, 4.69) is 88.9 Å². The zero-order valence-corrected chi connectivity index (χ0v) is 16.5. The second-order valence-electron chi connectivity index (χ2n) is 7.36. The van der Waals surface area contributed by atoms with Gasteiger partial charge < -0.3 is 0 Å². The lowest BCUT2D eigenvalue weighted by Crippen LogP contribution is -1.94. The Hall–Kier alpha value is -2.85. The zero-order valence-electron chi connectivity index (χ0n) is 16.5. The van der Waals surface area contributed by atoms with Gasteiger partial charge in [0.15, 0.2) is 0 Å². The molecule has 3 rings (SSSR count). The fourth-order valence-electron chi connectivity index (χ4n) is 4.28. The first-order chi connectivity index (χ1) is 12.3. The van der Waals surface area contributed by atoms with Gasteiger partial charge in [0.1, 0.15) is 0 Å². The minimum Gasteiger partial charge on any atom is -0.237 e. The number of hydrogen-bond acceptors (Lipinski definition) is 0. The molecule has 0 saturated carbocycles. The van der Waals surface area contributed by atoms with Crippen LogP contribution in [0.1, 0.15) is 33.4 Å². The van der Waals surface area contributed by atoms with Crippen molar-refractivity contribution >= 4 is 5.69 Å². The minimum atomic E-state index is 0.748. The number of benzene rings is 3. The minimum absolute atomic E-state index is 0.748. The van der Waals surface area contributed by atoms with Gasteiger partial charge in [0.2, 0.25) is 5.69 Å². The molecule has 0 aliphatic rings. The molecule has 0 saturated heterocycles. The summed E-state index contributed by atoms with van der Waals surface area (Å²) in [5.41, 5.74) is 12.6. The third kappa shape index (κ3) is 3.04. The van der Waals surface area contributed by atoms with Crippen molar-refractivity contribution in [3.8, 4) is 22.3 Å². The molecular weight excluding hydrogens is 314 g/mol.